The van der Waals surface area contributed by atoms with E-state index in [2.05, 4.69) is 50.4 Å². The van der Waals surface area contributed by atoms with Crippen LogP contribution in [0.15, 0.2) is 58.8 Å². The van der Waals surface area contributed by atoms with Crippen LogP contribution in [-0.4, -0.2) is 38.8 Å². The van der Waals surface area contributed by atoms with Gasteiger partial charge in [0.1, 0.15) is 18.9 Å². The van der Waals surface area contributed by atoms with Crippen LogP contribution in [0.25, 0.3) is 0 Å². The molecule has 4 nitrogen and oxygen atoms in total. The normalized spacial score (nSPS) is 11.8. The molecule has 0 amide bonds. The Kier molecular flexibility index (Phi) is 5.88. The maximum absolute atomic E-state index is 5.74. The largest absolute Gasteiger partial charge is 0.488 e. The SMILES string of the molecule is CCc1ccc(N=Nc2ccc(OCC[N+](C)(C)C)cc2)cc1. The molecule has 2 aromatic rings. The van der Waals surface area contributed by atoms with Crippen molar-refractivity contribution in [2.24, 2.45) is 10.2 Å². The summed E-state index contributed by atoms with van der Waals surface area (Å²) in [5.74, 6) is 0.865. The highest BCUT2D eigenvalue weighted by Crippen LogP contribution is 2.21. The predicted molar refractivity (Wildman–Crippen MR) is 94.8 cm³/mol. The van der Waals surface area contributed by atoms with Crippen LogP contribution in [0.5, 0.6) is 5.75 Å². The van der Waals surface area contributed by atoms with Crippen molar-refractivity contribution in [1.82, 2.24) is 0 Å². The van der Waals surface area contributed by atoms with E-state index in [0.29, 0.717) is 6.61 Å². The molecule has 0 aromatic heterocycles. The van der Waals surface area contributed by atoms with Gasteiger partial charge in [0.25, 0.3) is 0 Å². The van der Waals surface area contributed by atoms with E-state index in [1.165, 1.54) is 5.56 Å². The predicted octanol–water partition coefficient (Wildman–Crippen LogP) is 4.75. The molecule has 0 N–H and O–H groups in total. The number of quaternary nitrogens is 1. The highest BCUT2D eigenvalue weighted by Gasteiger charge is 2.06. The maximum atomic E-state index is 5.74. The van der Waals surface area contributed by atoms with Gasteiger partial charge in [-0.3, -0.25) is 0 Å². The van der Waals surface area contributed by atoms with Gasteiger partial charge in [-0.05, 0) is 48.4 Å². The number of azo groups is 1. The zero-order valence-electron chi connectivity index (χ0n) is 14.5. The molecule has 0 atom stereocenters. The fraction of sp³-hybridized carbons (Fsp3) is 0.368. The number of nitrogens with zero attached hydrogens (tertiary/aromatic N) is 3. The van der Waals surface area contributed by atoms with E-state index in [0.717, 1.165) is 34.6 Å². The summed E-state index contributed by atoms with van der Waals surface area (Å²) in [4.78, 5) is 0. The number of rotatable bonds is 7. The smallest absolute Gasteiger partial charge is 0.137 e. The lowest BCUT2D eigenvalue weighted by Gasteiger charge is -2.23. The van der Waals surface area contributed by atoms with Crippen molar-refractivity contribution >= 4 is 11.4 Å². The Morgan fingerprint density at radius 3 is 1.83 bits per heavy atom. The maximum Gasteiger partial charge on any atom is 0.137 e. The number of ether oxygens (including phenoxy) is 1. The Morgan fingerprint density at radius 2 is 1.35 bits per heavy atom. The fourth-order valence-electron chi connectivity index (χ4n) is 1.96. The van der Waals surface area contributed by atoms with Crippen LogP contribution in [0.4, 0.5) is 11.4 Å². The van der Waals surface area contributed by atoms with Crippen molar-refractivity contribution in [3.05, 3.63) is 54.1 Å². The molecule has 0 spiro atoms. The summed E-state index contributed by atoms with van der Waals surface area (Å²) in [5, 5.41) is 8.52. The molecule has 0 aliphatic heterocycles. The fourth-order valence-corrected chi connectivity index (χ4v) is 1.96. The zero-order chi connectivity index (χ0) is 16.7. The van der Waals surface area contributed by atoms with Crippen molar-refractivity contribution in [3.8, 4) is 5.75 Å². The van der Waals surface area contributed by atoms with E-state index >= 15 is 0 Å². The first kappa shape index (κ1) is 17.2. The van der Waals surface area contributed by atoms with E-state index in [1.54, 1.807) is 0 Å². The van der Waals surface area contributed by atoms with Gasteiger partial charge in [0.15, 0.2) is 0 Å². The molecule has 0 unspecified atom stereocenters. The first-order valence-corrected chi connectivity index (χ1v) is 8.00. The lowest BCUT2D eigenvalue weighted by Crippen LogP contribution is -2.38. The van der Waals surface area contributed by atoms with Gasteiger partial charge in [-0.1, -0.05) is 19.1 Å². The third-order valence-corrected chi connectivity index (χ3v) is 3.49. The summed E-state index contributed by atoms with van der Waals surface area (Å²) in [6.45, 7) is 3.81. The minimum atomic E-state index is 0.703. The first-order chi connectivity index (χ1) is 11.0. The number of benzene rings is 2. The van der Waals surface area contributed by atoms with Crippen LogP contribution in [-0.2, 0) is 6.42 Å². The monoisotopic (exact) mass is 312 g/mol. The van der Waals surface area contributed by atoms with Crippen molar-refractivity contribution in [2.75, 3.05) is 34.3 Å². The second-order valence-electron chi connectivity index (χ2n) is 6.58. The third kappa shape index (κ3) is 6.20. The molecule has 23 heavy (non-hydrogen) atoms. The molecule has 0 saturated carbocycles. The second kappa shape index (κ2) is 7.88. The van der Waals surface area contributed by atoms with Gasteiger partial charge in [0, 0.05) is 0 Å². The van der Waals surface area contributed by atoms with Crippen LogP contribution < -0.4 is 4.74 Å². The molecule has 2 rings (SSSR count). The first-order valence-electron chi connectivity index (χ1n) is 8.00. The molecule has 0 aliphatic rings. The Hall–Kier alpha value is -2.20. The van der Waals surface area contributed by atoms with Crippen LogP contribution in [0.1, 0.15) is 12.5 Å². The lowest BCUT2D eigenvalue weighted by molar-refractivity contribution is -0.870. The zero-order valence-corrected chi connectivity index (χ0v) is 14.5. The highest BCUT2D eigenvalue weighted by molar-refractivity contribution is 5.43. The van der Waals surface area contributed by atoms with E-state index in [-0.39, 0.29) is 0 Å². The molecule has 4 heteroatoms. The molecular weight excluding hydrogens is 286 g/mol. The van der Waals surface area contributed by atoms with Gasteiger partial charge in [0.05, 0.1) is 32.5 Å². The Labute approximate surface area is 139 Å². The summed E-state index contributed by atoms with van der Waals surface area (Å²) in [5.41, 5.74) is 2.99. The molecule has 0 fully saturated rings. The number of aryl methyl sites for hydroxylation is 1. The molecular formula is C19H26N3O+. The van der Waals surface area contributed by atoms with Crippen molar-refractivity contribution in [1.29, 1.82) is 0 Å². The standard InChI is InChI=1S/C19H26N3O/c1-5-16-6-8-17(9-7-16)20-21-18-10-12-19(13-11-18)23-15-14-22(2,3)4/h6-13H,5,14-15H2,1-4H3/q+1. The Balaban J connectivity index is 1.90. The van der Waals surface area contributed by atoms with Gasteiger partial charge in [0.2, 0.25) is 0 Å². The van der Waals surface area contributed by atoms with Crippen molar-refractivity contribution < 1.29 is 9.22 Å². The summed E-state index contributed by atoms with van der Waals surface area (Å²) in [7, 11) is 6.46. The number of hydrogen-bond donors (Lipinski definition) is 0. The topological polar surface area (TPSA) is 34.0 Å². The third-order valence-electron chi connectivity index (χ3n) is 3.49. The van der Waals surface area contributed by atoms with Crippen LogP contribution in [0.2, 0.25) is 0 Å². The Morgan fingerprint density at radius 1 is 0.826 bits per heavy atom. The van der Waals surface area contributed by atoms with Crippen LogP contribution in [0.3, 0.4) is 0 Å². The van der Waals surface area contributed by atoms with Crippen LogP contribution in [0, 0.1) is 0 Å². The molecule has 0 bridgehead atoms. The molecule has 2 aromatic carbocycles. The van der Waals surface area contributed by atoms with E-state index < -0.39 is 0 Å². The van der Waals surface area contributed by atoms with Gasteiger partial charge in [-0.2, -0.15) is 10.2 Å². The molecule has 0 saturated heterocycles. The molecule has 0 heterocycles. The van der Waals surface area contributed by atoms with Gasteiger partial charge >= 0.3 is 0 Å². The number of likely N-dealkylation sites (N-methyl/N-ethyl adjacent to an activating group) is 1. The van der Waals surface area contributed by atoms with Crippen molar-refractivity contribution in [2.45, 2.75) is 13.3 Å². The van der Waals surface area contributed by atoms with E-state index in [4.69, 9.17) is 4.74 Å². The summed E-state index contributed by atoms with van der Waals surface area (Å²) >= 11 is 0. The number of hydrogen-bond acceptors (Lipinski definition) is 3. The van der Waals surface area contributed by atoms with Crippen molar-refractivity contribution in [3.63, 3.8) is 0 Å². The average molecular weight is 312 g/mol. The van der Waals surface area contributed by atoms with Gasteiger partial charge in [-0.15, -0.1) is 0 Å². The molecule has 122 valence electrons. The molecule has 0 radical (unpaired) electrons. The summed E-state index contributed by atoms with van der Waals surface area (Å²) < 4.78 is 6.63. The van der Waals surface area contributed by atoms with Crippen LogP contribution >= 0.6 is 0 Å². The van der Waals surface area contributed by atoms with Gasteiger partial charge < -0.3 is 9.22 Å². The summed E-state index contributed by atoms with van der Waals surface area (Å²) in [6.07, 6.45) is 1.03. The molecule has 0 aliphatic carbocycles. The quantitative estimate of drug-likeness (QED) is 0.536. The second-order valence-corrected chi connectivity index (χ2v) is 6.58. The lowest BCUT2D eigenvalue weighted by atomic mass is 10.2. The average Bonchev–Trinajstić information content (AvgIpc) is 2.53. The van der Waals surface area contributed by atoms with Gasteiger partial charge in [-0.25, -0.2) is 0 Å². The van der Waals surface area contributed by atoms with E-state index in [9.17, 15) is 0 Å². The minimum absolute atomic E-state index is 0.703. The summed E-state index contributed by atoms with van der Waals surface area (Å²) in [6, 6.07) is 15.9. The highest BCUT2D eigenvalue weighted by atomic mass is 16.5. The Bertz CT molecular complexity index is 625. The van der Waals surface area contributed by atoms with E-state index in [1.807, 2.05) is 36.4 Å². The minimum Gasteiger partial charge on any atom is -0.488 e.